The number of halogens is 2. The Hall–Kier alpha value is -0.870. The number of rotatable bonds is 2. The van der Waals surface area contributed by atoms with Crippen molar-refractivity contribution < 1.29 is 18.7 Å². The summed E-state index contributed by atoms with van der Waals surface area (Å²) in [6.45, 7) is 4.13. The van der Waals surface area contributed by atoms with Crippen molar-refractivity contribution in [2.24, 2.45) is 17.6 Å². The third-order valence-electron chi connectivity index (χ3n) is 3.16. The van der Waals surface area contributed by atoms with Crippen LogP contribution in [0.1, 0.15) is 46.0 Å². The minimum atomic E-state index is -2.37. The number of hydrogen-bond acceptors (Lipinski definition) is 1. The van der Waals surface area contributed by atoms with E-state index >= 15 is 0 Å². The highest BCUT2D eigenvalue weighted by molar-refractivity contribution is 5.61. The monoisotopic (exact) mass is 237 g/mol. The molecular weight excluding hydrogens is 216 g/mol. The molecule has 1 amide bonds. The van der Waals surface area contributed by atoms with E-state index in [1.165, 1.54) is 0 Å². The van der Waals surface area contributed by atoms with Gasteiger partial charge in [0.15, 0.2) is 0 Å². The van der Waals surface area contributed by atoms with E-state index in [0.29, 0.717) is 5.92 Å². The summed E-state index contributed by atoms with van der Waals surface area (Å²) in [6.07, 6.45) is 1.61. The van der Waals surface area contributed by atoms with Crippen LogP contribution in [0, 0.1) is 11.8 Å². The van der Waals surface area contributed by atoms with Gasteiger partial charge < -0.3 is 10.8 Å². The largest absolute Gasteiger partial charge is 0.465 e. The fourth-order valence-electron chi connectivity index (χ4n) is 2.30. The summed E-state index contributed by atoms with van der Waals surface area (Å²) in [5, 5.41) is 7.19. The highest BCUT2D eigenvalue weighted by atomic mass is 19.3. The van der Waals surface area contributed by atoms with E-state index in [-0.39, 0.29) is 18.8 Å². The van der Waals surface area contributed by atoms with Gasteiger partial charge in [0.2, 0.25) is 5.92 Å². The molecule has 96 valence electrons. The number of carboxylic acid groups (broad SMARTS) is 1. The average molecular weight is 237 g/mol. The van der Waals surface area contributed by atoms with Crippen LogP contribution in [0.4, 0.5) is 13.6 Å². The minimum absolute atomic E-state index is 0.113. The fraction of sp³-hybridized carbons (Fsp3) is 0.909. The van der Waals surface area contributed by atoms with Crippen LogP contribution in [-0.4, -0.2) is 17.1 Å². The van der Waals surface area contributed by atoms with E-state index < -0.39 is 12.0 Å². The Morgan fingerprint density at radius 1 is 1.38 bits per heavy atom. The van der Waals surface area contributed by atoms with Crippen molar-refractivity contribution in [3.63, 3.8) is 0 Å². The second-order valence-electron chi connectivity index (χ2n) is 4.27. The number of carbonyl (C=O) groups is 1. The second kappa shape index (κ2) is 6.66. The topological polar surface area (TPSA) is 63.3 Å². The molecule has 0 bridgehead atoms. The van der Waals surface area contributed by atoms with Crippen LogP contribution in [0.25, 0.3) is 0 Å². The summed E-state index contributed by atoms with van der Waals surface area (Å²) in [6, 6.07) is 0. The van der Waals surface area contributed by atoms with Crippen molar-refractivity contribution >= 4 is 6.09 Å². The molecule has 1 fully saturated rings. The Morgan fingerprint density at radius 2 is 1.81 bits per heavy atom. The van der Waals surface area contributed by atoms with Crippen LogP contribution in [0.15, 0.2) is 0 Å². The number of alkyl halides is 2. The van der Waals surface area contributed by atoms with Crippen molar-refractivity contribution in [3.05, 3.63) is 0 Å². The van der Waals surface area contributed by atoms with Gasteiger partial charge in [0, 0.05) is 12.8 Å². The van der Waals surface area contributed by atoms with Gasteiger partial charge in [0.05, 0.1) is 0 Å². The van der Waals surface area contributed by atoms with Crippen molar-refractivity contribution in [1.29, 1.82) is 0 Å². The zero-order valence-corrected chi connectivity index (χ0v) is 9.88. The average Bonchev–Trinajstić information content (AvgIpc) is 2.15. The van der Waals surface area contributed by atoms with Crippen LogP contribution in [-0.2, 0) is 0 Å². The van der Waals surface area contributed by atoms with Gasteiger partial charge in [-0.15, -0.1) is 0 Å². The Balaban J connectivity index is 0.000000487. The van der Waals surface area contributed by atoms with Gasteiger partial charge >= 0.3 is 6.09 Å². The SMILES string of the molecule is CCC1CCC(F)(F)CC1CC.NC(=O)O. The van der Waals surface area contributed by atoms with Crippen molar-refractivity contribution in [2.45, 2.75) is 51.9 Å². The second-order valence-corrected chi connectivity index (χ2v) is 4.27. The van der Waals surface area contributed by atoms with Gasteiger partial charge in [-0.25, -0.2) is 13.6 Å². The molecule has 0 heterocycles. The minimum Gasteiger partial charge on any atom is -0.465 e. The standard InChI is InChI=1S/C10H18F2.CH3NO2/c1-3-8-5-6-10(11,12)7-9(8)4-2;2-1(3)4/h8-9H,3-7H2,1-2H3;2H2,(H,3,4). The molecule has 1 aliphatic rings. The predicted molar refractivity (Wildman–Crippen MR) is 58.6 cm³/mol. The first-order valence-electron chi connectivity index (χ1n) is 5.68. The van der Waals surface area contributed by atoms with Crippen LogP contribution in [0.3, 0.4) is 0 Å². The normalized spacial score (nSPS) is 27.8. The van der Waals surface area contributed by atoms with E-state index in [1.54, 1.807) is 0 Å². The van der Waals surface area contributed by atoms with Crippen LogP contribution < -0.4 is 5.73 Å². The number of nitrogens with two attached hydrogens (primary N) is 1. The van der Waals surface area contributed by atoms with Crippen LogP contribution in [0.5, 0.6) is 0 Å². The lowest BCUT2D eigenvalue weighted by atomic mass is 9.75. The molecule has 3 nitrogen and oxygen atoms in total. The van der Waals surface area contributed by atoms with E-state index in [2.05, 4.69) is 12.7 Å². The predicted octanol–water partition coefficient (Wildman–Crippen LogP) is 3.48. The fourth-order valence-corrected chi connectivity index (χ4v) is 2.30. The number of hydrogen-bond donors (Lipinski definition) is 2. The summed E-state index contributed by atoms with van der Waals surface area (Å²) in [5.41, 5.74) is 4.03. The molecule has 0 saturated heterocycles. The molecule has 2 atom stereocenters. The van der Waals surface area contributed by atoms with Gasteiger partial charge in [0.25, 0.3) is 0 Å². The zero-order chi connectivity index (χ0) is 12.8. The Morgan fingerprint density at radius 3 is 2.19 bits per heavy atom. The van der Waals surface area contributed by atoms with Gasteiger partial charge in [-0.1, -0.05) is 26.7 Å². The summed E-state index contributed by atoms with van der Waals surface area (Å²) >= 11 is 0. The van der Waals surface area contributed by atoms with E-state index in [4.69, 9.17) is 9.90 Å². The molecule has 0 radical (unpaired) electrons. The summed E-state index contributed by atoms with van der Waals surface area (Å²) in [4.78, 5) is 8.78. The first-order chi connectivity index (χ1) is 7.32. The zero-order valence-electron chi connectivity index (χ0n) is 9.88. The number of amides is 1. The van der Waals surface area contributed by atoms with Crippen molar-refractivity contribution in [1.82, 2.24) is 0 Å². The van der Waals surface area contributed by atoms with Crippen molar-refractivity contribution in [2.75, 3.05) is 0 Å². The molecule has 0 aromatic rings. The van der Waals surface area contributed by atoms with Gasteiger partial charge in [-0.3, -0.25) is 0 Å². The van der Waals surface area contributed by atoms with E-state index in [9.17, 15) is 8.78 Å². The van der Waals surface area contributed by atoms with Gasteiger partial charge in [-0.2, -0.15) is 0 Å². The first-order valence-corrected chi connectivity index (χ1v) is 5.68. The molecule has 0 aliphatic heterocycles. The molecule has 5 heteroatoms. The molecule has 1 aliphatic carbocycles. The first kappa shape index (κ1) is 15.1. The highest BCUT2D eigenvalue weighted by Gasteiger charge is 2.39. The molecule has 0 spiro atoms. The maximum absolute atomic E-state index is 13.0. The summed E-state index contributed by atoms with van der Waals surface area (Å²) in [5.74, 6) is -1.56. The molecule has 2 unspecified atom stereocenters. The maximum Gasteiger partial charge on any atom is 0.402 e. The van der Waals surface area contributed by atoms with Crippen LogP contribution in [0.2, 0.25) is 0 Å². The molecule has 0 aromatic carbocycles. The van der Waals surface area contributed by atoms with E-state index in [0.717, 1.165) is 19.3 Å². The van der Waals surface area contributed by atoms with Crippen LogP contribution >= 0.6 is 0 Å². The van der Waals surface area contributed by atoms with Crippen molar-refractivity contribution in [3.8, 4) is 0 Å². The quantitative estimate of drug-likeness (QED) is 0.772. The lowest BCUT2D eigenvalue weighted by Crippen LogP contribution is -2.31. The van der Waals surface area contributed by atoms with Gasteiger partial charge in [0.1, 0.15) is 0 Å². The molecule has 16 heavy (non-hydrogen) atoms. The van der Waals surface area contributed by atoms with Gasteiger partial charge in [-0.05, 0) is 18.3 Å². The third kappa shape index (κ3) is 5.88. The Labute approximate surface area is 95.0 Å². The lowest BCUT2D eigenvalue weighted by molar-refractivity contribution is -0.0704. The lowest BCUT2D eigenvalue weighted by Gasteiger charge is -2.35. The molecule has 0 aromatic heterocycles. The maximum atomic E-state index is 13.0. The number of primary amides is 1. The molecular formula is C11H21F2NO2. The Bertz CT molecular complexity index is 218. The molecule has 3 N–H and O–H groups in total. The molecule has 1 saturated carbocycles. The van der Waals surface area contributed by atoms with E-state index in [1.807, 2.05) is 6.92 Å². The Kier molecular flexibility index (Phi) is 6.29. The third-order valence-corrected chi connectivity index (χ3v) is 3.16. The summed E-state index contributed by atoms with van der Waals surface area (Å²) in [7, 11) is 0. The summed E-state index contributed by atoms with van der Waals surface area (Å²) < 4.78 is 25.9. The smallest absolute Gasteiger partial charge is 0.402 e. The molecule has 1 rings (SSSR count). The highest BCUT2D eigenvalue weighted by Crippen LogP contribution is 2.42.